The van der Waals surface area contributed by atoms with E-state index in [1.165, 1.54) is 18.2 Å². The number of aliphatic hydroxyl groups excluding tert-OH is 1. The molecular weight excluding hydrogens is 206 g/mol. The summed E-state index contributed by atoms with van der Waals surface area (Å²) in [6.07, 6.45) is -0.827. The molecule has 5 heteroatoms. The molecule has 0 aliphatic carbocycles. The molecule has 0 aromatic heterocycles. The number of rotatable bonds is 2. The van der Waals surface area contributed by atoms with E-state index in [4.69, 9.17) is 15.9 Å². The molecule has 0 aliphatic heterocycles. The molecule has 0 radical (unpaired) electrons. The molecule has 0 saturated heterocycles. The molecule has 0 saturated carbocycles. The highest BCUT2D eigenvalue weighted by Gasteiger charge is 2.13. The Balaban J connectivity index is 0. The Morgan fingerprint density at radius 1 is 1.29 bits per heavy atom. The third-order valence-corrected chi connectivity index (χ3v) is 1.84. The van der Waals surface area contributed by atoms with E-state index in [0.29, 0.717) is 5.56 Å². The molecule has 0 fully saturated rings. The van der Waals surface area contributed by atoms with Gasteiger partial charge >= 0.3 is 1.43 Å². The third kappa shape index (κ3) is 2.77. The lowest BCUT2D eigenvalue weighted by molar-refractivity contribution is -0.00000589. The Hall–Kier alpha value is -0.970. The molecule has 1 aromatic carbocycles. The average molecular weight is 220 g/mol. The van der Waals surface area contributed by atoms with Crippen LogP contribution in [0.25, 0.3) is 0 Å². The number of hydrogen-bond donors (Lipinski definition) is 4. The summed E-state index contributed by atoms with van der Waals surface area (Å²) in [5, 5.41) is 27.6. The van der Waals surface area contributed by atoms with E-state index in [2.05, 4.69) is 0 Å². The van der Waals surface area contributed by atoms with Crippen molar-refractivity contribution in [2.24, 2.45) is 5.73 Å². The first kappa shape index (κ1) is 13.0. The first-order valence-electron chi connectivity index (χ1n) is 3.98. The van der Waals surface area contributed by atoms with Gasteiger partial charge in [0.25, 0.3) is 0 Å². The fourth-order valence-corrected chi connectivity index (χ4v) is 1.03. The lowest BCUT2D eigenvalue weighted by Crippen LogP contribution is -3.00. The highest BCUT2D eigenvalue weighted by atomic mass is 35.5. The molecular formula is C9H14ClNO3. The summed E-state index contributed by atoms with van der Waals surface area (Å²) >= 11 is 0. The zero-order valence-corrected chi connectivity index (χ0v) is 8.44. The molecule has 14 heavy (non-hydrogen) atoms. The maximum Gasteiger partial charge on any atom is 1.00 e. The van der Waals surface area contributed by atoms with Crippen LogP contribution in [0, 0.1) is 0 Å². The minimum absolute atomic E-state index is 0. The van der Waals surface area contributed by atoms with E-state index >= 15 is 0 Å². The highest BCUT2D eigenvalue weighted by Crippen LogP contribution is 2.28. The smallest absolute Gasteiger partial charge is 1.00 e. The molecule has 1 aromatic rings. The summed E-state index contributed by atoms with van der Waals surface area (Å²) in [7, 11) is 0. The van der Waals surface area contributed by atoms with Gasteiger partial charge < -0.3 is 33.5 Å². The van der Waals surface area contributed by atoms with Gasteiger partial charge in [-0.3, -0.25) is 0 Å². The van der Waals surface area contributed by atoms with Gasteiger partial charge in [0.05, 0.1) is 6.10 Å². The van der Waals surface area contributed by atoms with Crippen molar-refractivity contribution in [2.75, 3.05) is 0 Å². The van der Waals surface area contributed by atoms with Gasteiger partial charge in [0, 0.05) is 6.04 Å². The molecule has 0 heterocycles. The number of aliphatic hydroxyl groups is 1. The second-order valence-electron chi connectivity index (χ2n) is 3.05. The van der Waals surface area contributed by atoms with Gasteiger partial charge in [-0.1, -0.05) is 6.07 Å². The third-order valence-electron chi connectivity index (χ3n) is 1.84. The number of nitrogens with two attached hydrogens (primary N) is 1. The van der Waals surface area contributed by atoms with Crippen LogP contribution in [0.5, 0.6) is 11.5 Å². The summed E-state index contributed by atoms with van der Waals surface area (Å²) in [6.45, 7) is 1.66. The van der Waals surface area contributed by atoms with Gasteiger partial charge in [-0.2, -0.15) is 0 Å². The normalized spacial score (nSPS) is 14.2. The van der Waals surface area contributed by atoms with Crippen LogP contribution in [-0.2, 0) is 0 Å². The summed E-state index contributed by atoms with van der Waals surface area (Å²) in [4.78, 5) is 0. The van der Waals surface area contributed by atoms with Crippen molar-refractivity contribution in [3.05, 3.63) is 23.8 Å². The van der Waals surface area contributed by atoms with Crippen LogP contribution in [0.3, 0.4) is 0 Å². The predicted octanol–water partition coefficient (Wildman–Crippen LogP) is -2.41. The lowest BCUT2D eigenvalue weighted by Gasteiger charge is -2.14. The Morgan fingerprint density at radius 3 is 2.29 bits per heavy atom. The van der Waals surface area contributed by atoms with Crippen molar-refractivity contribution < 1.29 is 29.2 Å². The monoisotopic (exact) mass is 219 g/mol. The second kappa shape index (κ2) is 5.05. The molecule has 0 aliphatic rings. The maximum absolute atomic E-state index is 9.50. The van der Waals surface area contributed by atoms with Crippen molar-refractivity contribution in [3.63, 3.8) is 0 Å². The molecule has 2 atom stereocenters. The molecule has 4 nitrogen and oxygen atoms in total. The molecule has 2 unspecified atom stereocenters. The first-order valence-corrected chi connectivity index (χ1v) is 3.98. The quantitative estimate of drug-likeness (QED) is 0.418. The van der Waals surface area contributed by atoms with Crippen LogP contribution in [-0.4, -0.2) is 21.4 Å². The number of aromatic hydroxyl groups is 2. The van der Waals surface area contributed by atoms with E-state index in [0.717, 1.165) is 0 Å². The van der Waals surface area contributed by atoms with Crippen LogP contribution < -0.4 is 18.1 Å². The Bertz CT molecular complexity index is 309. The van der Waals surface area contributed by atoms with Crippen LogP contribution in [0.2, 0.25) is 0 Å². The molecule has 0 spiro atoms. The standard InChI is InChI=1S/C9H13NO3.ClH/c1-5(10)9(13)6-2-3-7(11)8(12)4-6;/h2-5,9,11-13H,10H2,1H3;1H. The summed E-state index contributed by atoms with van der Waals surface area (Å²) in [5.74, 6) is -0.460. The number of benzene rings is 1. The van der Waals surface area contributed by atoms with Gasteiger partial charge in [-0.15, -0.1) is 0 Å². The SMILES string of the molecule is CC(N)C(O)c1ccc(O)c(O)c1.[Cl-].[H+]. The summed E-state index contributed by atoms with van der Waals surface area (Å²) in [5.41, 5.74) is 5.95. The van der Waals surface area contributed by atoms with E-state index in [-0.39, 0.29) is 25.3 Å². The van der Waals surface area contributed by atoms with Gasteiger partial charge in [0.2, 0.25) is 0 Å². The van der Waals surface area contributed by atoms with E-state index in [1.54, 1.807) is 6.92 Å². The number of hydrogen-bond acceptors (Lipinski definition) is 4. The van der Waals surface area contributed by atoms with Crippen LogP contribution in [0.4, 0.5) is 0 Å². The molecule has 80 valence electrons. The Kier molecular flexibility index (Phi) is 4.70. The molecule has 5 N–H and O–H groups in total. The molecule has 1 rings (SSSR count). The number of phenols is 2. The van der Waals surface area contributed by atoms with E-state index in [1.807, 2.05) is 0 Å². The van der Waals surface area contributed by atoms with Gasteiger partial charge in [0.15, 0.2) is 11.5 Å². The second-order valence-corrected chi connectivity index (χ2v) is 3.05. The Labute approximate surface area is 89.9 Å². The van der Waals surface area contributed by atoms with Crippen molar-refractivity contribution in [2.45, 2.75) is 19.1 Å². The van der Waals surface area contributed by atoms with Crippen molar-refractivity contribution >= 4 is 0 Å². The zero-order chi connectivity index (χ0) is 10.0. The van der Waals surface area contributed by atoms with Gasteiger partial charge in [-0.05, 0) is 24.6 Å². The number of phenolic OH excluding ortho intramolecular Hbond substituents is 2. The maximum atomic E-state index is 9.50. The van der Waals surface area contributed by atoms with Gasteiger partial charge in [0.1, 0.15) is 0 Å². The van der Waals surface area contributed by atoms with Crippen LogP contribution in [0.1, 0.15) is 20.0 Å². The van der Waals surface area contributed by atoms with E-state index < -0.39 is 12.1 Å². The predicted molar refractivity (Wildman–Crippen MR) is 49.5 cm³/mol. The fourth-order valence-electron chi connectivity index (χ4n) is 1.03. The summed E-state index contributed by atoms with van der Waals surface area (Å²) in [6, 6.07) is 3.71. The van der Waals surface area contributed by atoms with Crippen LogP contribution in [0.15, 0.2) is 18.2 Å². The molecule has 0 amide bonds. The topological polar surface area (TPSA) is 86.7 Å². The van der Waals surface area contributed by atoms with Crippen molar-refractivity contribution in [3.8, 4) is 11.5 Å². The first-order chi connectivity index (χ1) is 6.02. The fraction of sp³-hybridized carbons (Fsp3) is 0.333. The van der Waals surface area contributed by atoms with Crippen molar-refractivity contribution in [1.82, 2.24) is 0 Å². The van der Waals surface area contributed by atoms with Crippen LogP contribution >= 0.6 is 0 Å². The highest BCUT2D eigenvalue weighted by molar-refractivity contribution is 5.41. The zero-order valence-electron chi connectivity index (χ0n) is 8.68. The molecule has 0 bridgehead atoms. The average Bonchev–Trinajstić information content (AvgIpc) is 2.08. The van der Waals surface area contributed by atoms with Crippen molar-refractivity contribution in [1.29, 1.82) is 0 Å². The Morgan fingerprint density at radius 2 is 1.86 bits per heavy atom. The van der Waals surface area contributed by atoms with E-state index in [9.17, 15) is 5.11 Å². The minimum Gasteiger partial charge on any atom is -1.00 e. The summed E-state index contributed by atoms with van der Waals surface area (Å²) < 4.78 is 0. The lowest BCUT2D eigenvalue weighted by atomic mass is 10.0. The largest absolute Gasteiger partial charge is 1.00 e. The van der Waals surface area contributed by atoms with Gasteiger partial charge in [-0.25, -0.2) is 0 Å². The minimum atomic E-state index is -0.827. The number of halogens is 1.